The van der Waals surface area contributed by atoms with Gasteiger partial charge in [0.1, 0.15) is 16.5 Å². The number of amides is 2. The molecule has 11 heteroatoms. The first-order valence-corrected chi connectivity index (χ1v) is 12.9. The summed E-state index contributed by atoms with van der Waals surface area (Å²) in [7, 11) is 1.62. The predicted octanol–water partition coefficient (Wildman–Crippen LogP) is 3.58. The minimum atomic E-state index is -0.206. The monoisotopic (exact) mass is 520 g/mol. The van der Waals surface area contributed by atoms with Crippen molar-refractivity contribution in [2.45, 2.75) is 13.5 Å². The molecule has 37 heavy (non-hydrogen) atoms. The highest BCUT2D eigenvalue weighted by Crippen LogP contribution is 2.27. The van der Waals surface area contributed by atoms with Crippen LogP contribution in [0.2, 0.25) is 0 Å². The molecule has 4 aromatic rings. The van der Waals surface area contributed by atoms with Gasteiger partial charge in [-0.15, -0.1) is 0 Å². The van der Waals surface area contributed by atoms with Crippen LogP contribution in [-0.4, -0.2) is 70.3 Å². The van der Waals surface area contributed by atoms with Crippen molar-refractivity contribution in [3.8, 4) is 22.1 Å². The van der Waals surface area contributed by atoms with Crippen LogP contribution in [0, 0.1) is 0 Å². The Balaban J connectivity index is 1.21. The van der Waals surface area contributed by atoms with Gasteiger partial charge in [-0.1, -0.05) is 23.5 Å². The zero-order valence-corrected chi connectivity index (χ0v) is 21.5. The van der Waals surface area contributed by atoms with Crippen molar-refractivity contribution >= 4 is 28.0 Å². The van der Waals surface area contributed by atoms with Crippen LogP contribution in [0.4, 0.5) is 10.5 Å². The largest absolute Gasteiger partial charge is 0.497 e. The highest BCUT2D eigenvalue weighted by Gasteiger charge is 2.23. The number of carbonyl (C=O) groups excluding carboxylic acids is 1. The molecule has 1 N–H and O–H groups in total. The Hall–Kier alpha value is -3.96. The minimum Gasteiger partial charge on any atom is -0.497 e. The summed E-state index contributed by atoms with van der Waals surface area (Å²) in [5.74, 6) is 1.42. The smallest absolute Gasteiger partial charge is 0.322 e. The Morgan fingerprint density at radius 1 is 1.08 bits per heavy atom. The van der Waals surface area contributed by atoms with E-state index in [9.17, 15) is 9.59 Å². The summed E-state index contributed by atoms with van der Waals surface area (Å²) in [4.78, 5) is 34.8. The van der Waals surface area contributed by atoms with Crippen LogP contribution >= 0.6 is 11.3 Å². The maximum Gasteiger partial charge on any atom is 0.322 e. The number of nitrogens with zero attached hydrogens (tertiary/aromatic N) is 5. The van der Waals surface area contributed by atoms with Crippen molar-refractivity contribution in [3.63, 3.8) is 0 Å². The number of piperazine rings is 1. The molecule has 10 nitrogen and oxygen atoms in total. The molecule has 0 unspecified atom stereocenters. The fourth-order valence-electron chi connectivity index (χ4n) is 4.17. The topological polar surface area (TPSA) is 101 Å². The van der Waals surface area contributed by atoms with Gasteiger partial charge in [0.05, 0.1) is 25.1 Å². The summed E-state index contributed by atoms with van der Waals surface area (Å²) in [6, 6.07) is 16.3. The van der Waals surface area contributed by atoms with Gasteiger partial charge in [0.2, 0.25) is 4.96 Å². The number of carbonyl (C=O) groups is 1. The number of para-hydroxylation sites is 2. The SMILES string of the molecule is CCOc1ccccc1NC(=O)N1CCN(Cc2cc(=O)n3nc(-c4ccc(OC)cc4)sc3n2)CC1. The molecule has 5 rings (SSSR count). The highest BCUT2D eigenvalue weighted by molar-refractivity contribution is 7.19. The highest BCUT2D eigenvalue weighted by atomic mass is 32.1. The van der Waals surface area contributed by atoms with Gasteiger partial charge >= 0.3 is 6.03 Å². The van der Waals surface area contributed by atoms with Gasteiger partial charge in [-0.05, 0) is 43.3 Å². The molecule has 0 saturated carbocycles. The van der Waals surface area contributed by atoms with Crippen LogP contribution < -0.4 is 20.3 Å². The second-order valence-electron chi connectivity index (χ2n) is 8.54. The van der Waals surface area contributed by atoms with Gasteiger partial charge in [-0.25, -0.2) is 9.78 Å². The molecule has 3 heterocycles. The summed E-state index contributed by atoms with van der Waals surface area (Å²) < 4.78 is 12.2. The molecule has 1 fully saturated rings. The summed E-state index contributed by atoms with van der Waals surface area (Å²) in [5, 5.41) is 8.12. The molecular weight excluding hydrogens is 492 g/mol. The van der Waals surface area contributed by atoms with Crippen molar-refractivity contribution in [3.05, 3.63) is 70.6 Å². The number of anilines is 1. The van der Waals surface area contributed by atoms with Crippen LogP contribution in [0.3, 0.4) is 0 Å². The maximum atomic E-state index is 12.8. The van der Waals surface area contributed by atoms with Gasteiger partial charge in [-0.3, -0.25) is 9.69 Å². The average molecular weight is 521 g/mol. The molecule has 2 aromatic carbocycles. The van der Waals surface area contributed by atoms with E-state index >= 15 is 0 Å². The zero-order chi connectivity index (χ0) is 25.8. The Bertz CT molecular complexity index is 1440. The van der Waals surface area contributed by atoms with E-state index in [4.69, 9.17) is 14.5 Å². The van der Waals surface area contributed by atoms with Crippen molar-refractivity contribution in [2.24, 2.45) is 0 Å². The second-order valence-corrected chi connectivity index (χ2v) is 9.49. The number of benzene rings is 2. The lowest BCUT2D eigenvalue weighted by Gasteiger charge is -2.34. The van der Waals surface area contributed by atoms with E-state index < -0.39 is 0 Å². The second kappa shape index (κ2) is 11.0. The molecule has 2 aromatic heterocycles. The standard InChI is InChI=1S/C26H28N6O4S/c1-3-36-22-7-5-4-6-21(22)28-25(34)31-14-12-30(13-15-31)17-19-16-23(33)32-26(27-19)37-24(29-32)18-8-10-20(35-2)11-9-18/h4-11,16H,3,12-15,17H2,1-2H3,(H,28,34). The fourth-order valence-corrected chi connectivity index (χ4v) is 5.10. The Labute approximate surface area is 218 Å². The molecule has 1 saturated heterocycles. The number of ether oxygens (including phenoxy) is 2. The van der Waals surface area contributed by atoms with E-state index in [2.05, 4.69) is 15.3 Å². The van der Waals surface area contributed by atoms with Crippen molar-refractivity contribution in [1.82, 2.24) is 24.4 Å². The molecule has 0 radical (unpaired) electrons. The molecule has 0 bridgehead atoms. The van der Waals surface area contributed by atoms with E-state index in [0.717, 1.165) is 16.3 Å². The predicted molar refractivity (Wildman–Crippen MR) is 143 cm³/mol. The van der Waals surface area contributed by atoms with Crippen molar-refractivity contribution < 1.29 is 14.3 Å². The third-order valence-electron chi connectivity index (χ3n) is 6.11. The first-order valence-electron chi connectivity index (χ1n) is 12.1. The normalized spacial score (nSPS) is 14.1. The first-order chi connectivity index (χ1) is 18.0. The van der Waals surface area contributed by atoms with E-state index in [-0.39, 0.29) is 11.6 Å². The first kappa shape index (κ1) is 24.7. The number of nitrogens with one attached hydrogen (secondary N) is 1. The molecule has 2 amide bonds. The number of aromatic nitrogens is 3. The summed E-state index contributed by atoms with van der Waals surface area (Å²) in [6.45, 7) is 5.48. The zero-order valence-electron chi connectivity index (χ0n) is 20.7. The molecule has 0 atom stereocenters. The summed E-state index contributed by atoms with van der Waals surface area (Å²) in [6.07, 6.45) is 0. The van der Waals surface area contributed by atoms with Crippen LogP contribution in [-0.2, 0) is 6.54 Å². The van der Waals surface area contributed by atoms with Gasteiger partial charge in [0.15, 0.2) is 0 Å². The van der Waals surface area contributed by atoms with E-state index in [1.165, 1.54) is 21.9 Å². The molecule has 192 valence electrons. The number of fused-ring (bicyclic) bond motifs is 1. The molecule has 1 aliphatic heterocycles. The fraction of sp³-hybridized carbons (Fsp3) is 0.308. The number of urea groups is 1. The number of methoxy groups -OCH3 is 1. The molecule has 1 aliphatic rings. The Morgan fingerprint density at radius 2 is 1.84 bits per heavy atom. The Kier molecular flexibility index (Phi) is 7.33. The van der Waals surface area contributed by atoms with Crippen molar-refractivity contribution in [2.75, 3.05) is 45.2 Å². The number of hydrogen-bond acceptors (Lipinski definition) is 8. The molecule has 0 aliphatic carbocycles. The van der Waals surface area contributed by atoms with E-state index in [1.807, 2.05) is 55.5 Å². The minimum absolute atomic E-state index is 0.152. The number of hydrogen-bond donors (Lipinski definition) is 1. The van der Waals surface area contributed by atoms with Crippen molar-refractivity contribution in [1.29, 1.82) is 0 Å². The van der Waals surface area contributed by atoms with Crippen LogP contribution in [0.25, 0.3) is 15.5 Å². The van der Waals surface area contributed by atoms with Gasteiger partial charge in [-0.2, -0.15) is 9.61 Å². The van der Waals surface area contributed by atoms with Gasteiger partial charge in [0.25, 0.3) is 5.56 Å². The lowest BCUT2D eigenvalue weighted by Crippen LogP contribution is -2.49. The van der Waals surface area contributed by atoms with Crippen LogP contribution in [0.15, 0.2) is 59.4 Å². The van der Waals surface area contributed by atoms with Gasteiger partial charge in [0, 0.05) is 44.4 Å². The van der Waals surface area contributed by atoms with Crippen LogP contribution in [0.5, 0.6) is 11.5 Å². The third kappa shape index (κ3) is 5.57. The lowest BCUT2D eigenvalue weighted by atomic mass is 10.2. The summed E-state index contributed by atoms with van der Waals surface area (Å²) >= 11 is 1.37. The lowest BCUT2D eigenvalue weighted by molar-refractivity contribution is 0.142. The molecule has 0 spiro atoms. The van der Waals surface area contributed by atoms with Crippen LogP contribution in [0.1, 0.15) is 12.6 Å². The van der Waals surface area contributed by atoms with E-state index in [1.54, 1.807) is 12.0 Å². The Morgan fingerprint density at radius 3 is 2.57 bits per heavy atom. The van der Waals surface area contributed by atoms with E-state index in [0.29, 0.717) is 61.4 Å². The van der Waals surface area contributed by atoms with Gasteiger partial charge < -0.3 is 19.7 Å². The number of rotatable bonds is 7. The average Bonchev–Trinajstić information content (AvgIpc) is 3.35. The summed E-state index contributed by atoms with van der Waals surface area (Å²) in [5.41, 5.74) is 2.05. The maximum absolute atomic E-state index is 12.8. The quantitative estimate of drug-likeness (QED) is 0.398. The molecular formula is C26H28N6O4S. The third-order valence-corrected chi connectivity index (χ3v) is 7.07.